The van der Waals surface area contributed by atoms with Crippen LogP contribution in [0.25, 0.3) is 0 Å². The molecule has 0 aromatic rings. The summed E-state index contributed by atoms with van der Waals surface area (Å²) in [6.07, 6.45) is 0.373. The van der Waals surface area contributed by atoms with Crippen LogP contribution in [0.4, 0.5) is 0 Å². The molecule has 3 heterocycles. The molecule has 3 fully saturated rings. The summed E-state index contributed by atoms with van der Waals surface area (Å²) >= 11 is 0. The van der Waals surface area contributed by atoms with Gasteiger partial charge in [-0.2, -0.15) is 0 Å². The molecule has 5 nitrogen and oxygen atoms in total. The maximum atomic E-state index is 10.7. The number of fused-ring (bicyclic) bond motifs is 3. The van der Waals surface area contributed by atoms with E-state index in [0.29, 0.717) is 6.54 Å². The van der Waals surface area contributed by atoms with Gasteiger partial charge in [-0.05, 0) is 31.8 Å². The number of hydrogen-bond donors (Lipinski definition) is 3. The van der Waals surface area contributed by atoms with E-state index in [0.717, 1.165) is 25.9 Å². The third-order valence-corrected chi connectivity index (χ3v) is 3.59. The van der Waals surface area contributed by atoms with E-state index in [-0.39, 0.29) is 5.92 Å². The number of piperidine rings is 3. The fourth-order valence-electron chi connectivity index (χ4n) is 2.68. The van der Waals surface area contributed by atoms with Gasteiger partial charge in [-0.25, -0.2) is 4.79 Å². The molecule has 0 aromatic carbocycles. The van der Waals surface area contributed by atoms with Crippen LogP contribution in [0.2, 0.25) is 0 Å². The van der Waals surface area contributed by atoms with Crippen molar-refractivity contribution in [3.63, 3.8) is 0 Å². The minimum absolute atomic E-state index is 0.151. The predicted molar refractivity (Wildman–Crippen MR) is 49.7 cm³/mol. The Bertz CT molecular complexity index is 250. The molecule has 2 bridgehead atoms. The molecule has 5 heteroatoms. The lowest BCUT2D eigenvalue weighted by Crippen LogP contribution is -2.70. The summed E-state index contributed by atoms with van der Waals surface area (Å²) < 4.78 is 0. The van der Waals surface area contributed by atoms with Gasteiger partial charge in [0.2, 0.25) is 0 Å². The number of rotatable bonds is 2. The zero-order valence-electron chi connectivity index (χ0n) is 8.02. The zero-order chi connectivity index (χ0) is 10.3. The van der Waals surface area contributed by atoms with Crippen molar-refractivity contribution in [2.24, 2.45) is 11.7 Å². The Hall–Kier alpha value is -0.650. The maximum Gasteiger partial charge on any atom is 0.334 e. The van der Waals surface area contributed by atoms with Crippen LogP contribution in [-0.4, -0.2) is 52.4 Å². The van der Waals surface area contributed by atoms with Gasteiger partial charge in [0.05, 0.1) is 5.54 Å². The SMILES string of the molecule is NC1(C(O)C(=O)O)CN2CCC1CC2. The molecule has 2 unspecified atom stereocenters. The lowest BCUT2D eigenvalue weighted by atomic mass is 9.70. The Kier molecular flexibility index (Phi) is 2.25. The fourth-order valence-corrected chi connectivity index (χ4v) is 2.68. The largest absolute Gasteiger partial charge is 0.479 e. The third-order valence-electron chi connectivity index (χ3n) is 3.59. The average Bonchev–Trinajstić information content (AvgIpc) is 2.18. The highest BCUT2D eigenvalue weighted by Gasteiger charge is 2.50. The van der Waals surface area contributed by atoms with E-state index in [1.807, 2.05) is 0 Å². The highest BCUT2D eigenvalue weighted by molar-refractivity contribution is 5.74. The van der Waals surface area contributed by atoms with Gasteiger partial charge in [0, 0.05) is 6.54 Å². The summed E-state index contributed by atoms with van der Waals surface area (Å²) in [5.74, 6) is -1.06. The normalized spacial score (nSPS) is 43.6. The van der Waals surface area contributed by atoms with Crippen LogP contribution in [0.15, 0.2) is 0 Å². The molecule has 0 aliphatic carbocycles. The molecule has 3 aliphatic heterocycles. The van der Waals surface area contributed by atoms with Gasteiger partial charge in [0.15, 0.2) is 6.10 Å². The maximum absolute atomic E-state index is 10.7. The summed E-state index contributed by atoms with van der Waals surface area (Å²) in [7, 11) is 0. The van der Waals surface area contributed by atoms with Gasteiger partial charge < -0.3 is 20.8 Å². The van der Waals surface area contributed by atoms with E-state index in [2.05, 4.69) is 4.90 Å². The Labute approximate surface area is 82.5 Å². The molecule has 0 amide bonds. The second kappa shape index (κ2) is 3.18. The molecule has 3 saturated heterocycles. The van der Waals surface area contributed by atoms with Crippen LogP contribution in [0.3, 0.4) is 0 Å². The van der Waals surface area contributed by atoms with Gasteiger partial charge in [0.1, 0.15) is 0 Å². The quantitative estimate of drug-likeness (QED) is 0.524. The monoisotopic (exact) mass is 200 g/mol. The van der Waals surface area contributed by atoms with Crippen molar-refractivity contribution in [1.29, 1.82) is 0 Å². The average molecular weight is 200 g/mol. The molecule has 3 aliphatic rings. The van der Waals surface area contributed by atoms with Crippen molar-refractivity contribution in [3.05, 3.63) is 0 Å². The smallest absolute Gasteiger partial charge is 0.334 e. The molecular formula is C9H16N2O3. The van der Waals surface area contributed by atoms with Crippen LogP contribution in [0, 0.1) is 5.92 Å². The number of nitrogens with two attached hydrogens (primary N) is 1. The number of nitrogens with zero attached hydrogens (tertiary/aromatic N) is 1. The van der Waals surface area contributed by atoms with Crippen molar-refractivity contribution in [1.82, 2.24) is 4.90 Å². The fraction of sp³-hybridized carbons (Fsp3) is 0.889. The molecule has 4 N–H and O–H groups in total. The van der Waals surface area contributed by atoms with Gasteiger partial charge in [-0.3, -0.25) is 0 Å². The van der Waals surface area contributed by atoms with Gasteiger partial charge in [0.25, 0.3) is 0 Å². The summed E-state index contributed by atoms with van der Waals surface area (Å²) in [6.45, 7) is 2.47. The minimum Gasteiger partial charge on any atom is -0.479 e. The molecule has 14 heavy (non-hydrogen) atoms. The Balaban J connectivity index is 2.19. The van der Waals surface area contributed by atoms with Crippen LogP contribution in [0.5, 0.6) is 0 Å². The van der Waals surface area contributed by atoms with Crippen LogP contribution in [-0.2, 0) is 4.79 Å². The Morgan fingerprint density at radius 2 is 2.07 bits per heavy atom. The molecule has 2 atom stereocenters. The van der Waals surface area contributed by atoms with E-state index in [9.17, 15) is 9.90 Å². The summed E-state index contributed by atoms with van der Waals surface area (Å²) in [4.78, 5) is 12.9. The van der Waals surface area contributed by atoms with Gasteiger partial charge >= 0.3 is 5.97 Å². The first-order valence-electron chi connectivity index (χ1n) is 4.96. The van der Waals surface area contributed by atoms with Crippen molar-refractivity contribution in [2.75, 3.05) is 19.6 Å². The van der Waals surface area contributed by atoms with E-state index < -0.39 is 17.6 Å². The highest BCUT2D eigenvalue weighted by atomic mass is 16.4. The second-order valence-corrected chi connectivity index (χ2v) is 4.40. The zero-order valence-corrected chi connectivity index (χ0v) is 8.02. The number of carboxylic acids is 1. The molecule has 80 valence electrons. The number of carboxylic acid groups (broad SMARTS) is 1. The number of hydrogen-bond acceptors (Lipinski definition) is 4. The number of aliphatic hydroxyl groups excluding tert-OH is 1. The molecule has 0 saturated carbocycles. The summed E-state index contributed by atoms with van der Waals surface area (Å²) in [5.41, 5.74) is 5.07. The van der Waals surface area contributed by atoms with Gasteiger partial charge in [-0.15, -0.1) is 0 Å². The number of carbonyl (C=O) groups is 1. The van der Waals surface area contributed by atoms with E-state index >= 15 is 0 Å². The first-order chi connectivity index (χ1) is 6.54. The van der Waals surface area contributed by atoms with Crippen molar-refractivity contribution < 1.29 is 15.0 Å². The predicted octanol–water partition coefficient (Wildman–Crippen LogP) is -1.14. The number of aliphatic hydroxyl groups is 1. The first-order valence-corrected chi connectivity index (χ1v) is 4.96. The molecule has 3 rings (SSSR count). The topological polar surface area (TPSA) is 86.8 Å². The van der Waals surface area contributed by atoms with E-state index in [1.165, 1.54) is 0 Å². The minimum atomic E-state index is -1.43. The standard InChI is InChI=1S/C9H16N2O3/c10-9(7(12)8(13)14)5-11-3-1-6(9)2-4-11/h6-7,12H,1-5,10H2,(H,13,14). The first kappa shape index (κ1) is 9.89. The van der Waals surface area contributed by atoms with Crippen LogP contribution >= 0.6 is 0 Å². The third kappa shape index (κ3) is 1.32. The molecule has 0 radical (unpaired) electrons. The highest BCUT2D eigenvalue weighted by Crippen LogP contribution is 2.36. The lowest BCUT2D eigenvalue weighted by molar-refractivity contribution is -0.156. The van der Waals surface area contributed by atoms with Crippen molar-refractivity contribution in [2.45, 2.75) is 24.5 Å². The molecule has 0 spiro atoms. The Morgan fingerprint density at radius 3 is 2.43 bits per heavy atom. The Morgan fingerprint density at radius 1 is 1.50 bits per heavy atom. The summed E-state index contributed by atoms with van der Waals surface area (Å²) in [6, 6.07) is 0. The van der Waals surface area contributed by atoms with E-state index in [4.69, 9.17) is 10.8 Å². The molecular weight excluding hydrogens is 184 g/mol. The number of aliphatic carboxylic acids is 1. The second-order valence-electron chi connectivity index (χ2n) is 4.40. The molecule has 0 aromatic heterocycles. The van der Waals surface area contributed by atoms with Gasteiger partial charge in [-0.1, -0.05) is 0 Å². The van der Waals surface area contributed by atoms with E-state index in [1.54, 1.807) is 0 Å². The van der Waals surface area contributed by atoms with Crippen LogP contribution in [0.1, 0.15) is 12.8 Å². The van der Waals surface area contributed by atoms with Crippen molar-refractivity contribution in [3.8, 4) is 0 Å². The van der Waals surface area contributed by atoms with Crippen LogP contribution < -0.4 is 5.73 Å². The van der Waals surface area contributed by atoms with Crippen molar-refractivity contribution >= 4 is 5.97 Å². The summed E-state index contributed by atoms with van der Waals surface area (Å²) in [5, 5.41) is 18.4. The lowest BCUT2D eigenvalue weighted by Gasteiger charge is -2.52.